The molecule has 13 heteroatoms. The summed E-state index contributed by atoms with van der Waals surface area (Å²) in [4.78, 5) is 36.6. The van der Waals surface area contributed by atoms with E-state index in [0.29, 0.717) is 29.1 Å². The Balaban J connectivity index is 3.18. The van der Waals surface area contributed by atoms with E-state index in [9.17, 15) is 19.5 Å². The molecule has 1 aromatic rings. The van der Waals surface area contributed by atoms with E-state index < -0.39 is 49.8 Å². The number of amides is 2. The second-order valence-electron chi connectivity index (χ2n) is 12.5. The molecule has 0 unspecified atom stereocenters. The number of ether oxygens (including phenoxy) is 5. The Morgan fingerprint density at radius 2 is 1.86 bits per heavy atom. The van der Waals surface area contributed by atoms with Gasteiger partial charge in [-0.25, -0.2) is 9.59 Å². The molecule has 0 saturated carbocycles. The van der Waals surface area contributed by atoms with Crippen LogP contribution in [0.2, 0.25) is 25.7 Å². The Morgan fingerprint density at radius 3 is 2.43 bits per heavy atom. The SMILES string of the molecule is C=C/C(=C/OCOCC[Si](C)(C)C)c1cc(C[C@H](NC(=O)[C@H](C)N)C(=O)OC)ccc1OC[C@H](O)CNC(=O)OC(C)(C)C. The minimum Gasteiger partial charge on any atom is -0.490 e. The summed E-state index contributed by atoms with van der Waals surface area (Å²) in [5.74, 6) is -0.739. The minimum absolute atomic E-state index is 0.0421. The first kappa shape index (κ1) is 38.6. The molecule has 12 nitrogen and oxygen atoms in total. The highest BCUT2D eigenvalue weighted by atomic mass is 28.3. The molecule has 0 fully saturated rings. The Bertz CT molecular complexity index is 1130. The van der Waals surface area contributed by atoms with Gasteiger partial charge in [-0.1, -0.05) is 38.4 Å². The molecule has 0 bridgehead atoms. The highest BCUT2D eigenvalue weighted by Crippen LogP contribution is 2.29. The molecular formula is C31H51N3O9Si. The Kier molecular flexibility index (Phi) is 16.2. The topological polar surface area (TPSA) is 168 Å². The van der Waals surface area contributed by atoms with Gasteiger partial charge in [0.2, 0.25) is 5.91 Å². The summed E-state index contributed by atoms with van der Waals surface area (Å²) in [5.41, 5.74) is 6.76. The van der Waals surface area contributed by atoms with Crippen LogP contribution >= 0.6 is 0 Å². The smallest absolute Gasteiger partial charge is 0.407 e. The molecule has 1 aromatic carbocycles. The van der Waals surface area contributed by atoms with Crippen molar-refractivity contribution in [1.82, 2.24) is 10.6 Å². The minimum atomic E-state index is -1.24. The molecule has 248 valence electrons. The number of esters is 1. The normalized spacial score (nSPS) is 14.1. The van der Waals surface area contributed by atoms with Crippen LogP contribution in [0.5, 0.6) is 5.75 Å². The number of allylic oxidation sites excluding steroid dienone is 2. The number of hydrogen-bond acceptors (Lipinski definition) is 10. The highest BCUT2D eigenvalue weighted by Gasteiger charge is 2.24. The van der Waals surface area contributed by atoms with Crippen LogP contribution in [0.3, 0.4) is 0 Å². The molecule has 0 spiro atoms. The number of methoxy groups -OCH3 is 1. The zero-order valence-corrected chi connectivity index (χ0v) is 28.4. The quantitative estimate of drug-likeness (QED) is 0.0468. The second-order valence-corrected chi connectivity index (χ2v) is 18.2. The molecule has 0 aliphatic carbocycles. The van der Waals surface area contributed by atoms with Crippen LogP contribution < -0.4 is 21.1 Å². The molecule has 0 saturated heterocycles. The van der Waals surface area contributed by atoms with Crippen LogP contribution in [-0.4, -0.2) is 88.6 Å². The molecule has 2 amide bonds. The summed E-state index contributed by atoms with van der Waals surface area (Å²) in [6, 6.07) is 4.36. The molecule has 0 heterocycles. The van der Waals surface area contributed by atoms with Crippen LogP contribution in [-0.2, 0) is 35.0 Å². The molecule has 5 N–H and O–H groups in total. The van der Waals surface area contributed by atoms with Gasteiger partial charge in [0.25, 0.3) is 0 Å². The Morgan fingerprint density at radius 1 is 1.18 bits per heavy atom. The monoisotopic (exact) mass is 637 g/mol. The van der Waals surface area contributed by atoms with Crippen molar-refractivity contribution in [2.75, 3.05) is 33.7 Å². The van der Waals surface area contributed by atoms with Gasteiger partial charge in [0.1, 0.15) is 30.1 Å². The van der Waals surface area contributed by atoms with E-state index in [0.717, 1.165) is 6.04 Å². The van der Waals surface area contributed by atoms with Gasteiger partial charge in [-0.15, -0.1) is 0 Å². The van der Waals surface area contributed by atoms with E-state index >= 15 is 0 Å². The first-order valence-electron chi connectivity index (χ1n) is 14.5. The number of carbonyl (C=O) groups is 3. The van der Waals surface area contributed by atoms with Crippen LogP contribution in [0, 0.1) is 0 Å². The average molecular weight is 638 g/mol. The molecule has 44 heavy (non-hydrogen) atoms. The van der Waals surface area contributed by atoms with Crippen molar-refractivity contribution in [3.8, 4) is 5.75 Å². The van der Waals surface area contributed by atoms with E-state index in [2.05, 4.69) is 36.9 Å². The maximum Gasteiger partial charge on any atom is 0.407 e. The van der Waals surface area contributed by atoms with Crippen LogP contribution in [0.15, 0.2) is 37.1 Å². The number of nitrogens with one attached hydrogen (secondary N) is 2. The van der Waals surface area contributed by atoms with Gasteiger partial charge in [-0.05, 0) is 51.4 Å². The lowest BCUT2D eigenvalue weighted by Gasteiger charge is -2.21. The summed E-state index contributed by atoms with van der Waals surface area (Å²) in [6.07, 6.45) is 1.47. The summed E-state index contributed by atoms with van der Waals surface area (Å²) >= 11 is 0. The Hall–Kier alpha value is -3.39. The van der Waals surface area contributed by atoms with E-state index in [1.807, 2.05) is 0 Å². The summed E-state index contributed by atoms with van der Waals surface area (Å²) in [7, 11) is -0.00452. The maximum absolute atomic E-state index is 12.4. The second kappa shape index (κ2) is 18.4. The average Bonchev–Trinajstić information content (AvgIpc) is 2.92. The lowest BCUT2D eigenvalue weighted by molar-refractivity contribution is -0.145. The van der Waals surface area contributed by atoms with E-state index in [1.54, 1.807) is 45.0 Å². The number of nitrogens with two attached hydrogens (primary N) is 1. The van der Waals surface area contributed by atoms with E-state index in [-0.39, 0.29) is 26.4 Å². The van der Waals surface area contributed by atoms with Gasteiger partial charge in [0, 0.05) is 32.2 Å². The summed E-state index contributed by atoms with van der Waals surface area (Å²) < 4.78 is 27.3. The molecule has 0 aromatic heterocycles. The number of hydrogen-bond donors (Lipinski definition) is 4. The molecular weight excluding hydrogens is 586 g/mol. The van der Waals surface area contributed by atoms with Gasteiger partial charge >= 0.3 is 12.1 Å². The fraction of sp³-hybridized carbons (Fsp3) is 0.581. The fourth-order valence-corrected chi connectivity index (χ4v) is 4.28. The highest BCUT2D eigenvalue weighted by molar-refractivity contribution is 6.76. The first-order chi connectivity index (χ1) is 20.5. The number of benzene rings is 1. The zero-order valence-electron chi connectivity index (χ0n) is 27.4. The molecule has 0 aliphatic heterocycles. The first-order valence-corrected chi connectivity index (χ1v) is 18.2. The largest absolute Gasteiger partial charge is 0.490 e. The number of aliphatic hydroxyl groups is 1. The summed E-state index contributed by atoms with van der Waals surface area (Å²) in [6.45, 7) is 17.8. The lowest BCUT2D eigenvalue weighted by atomic mass is 9.98. The molecule has 0 aliphatic rings. The number of aliphatic hydroxyl groups excluding tert-OH is 1. The van der Waals surface area contributed by atoms with Crippen molar-refractivity contribution in [3.05, 3.63) is 48.2 Å². The van der Waals surface area contributed by atoms with Crippen molar-refractivity contribution < 1.29 is 43.2 Å². The molecule has 1 rings (SSSR count). The van der Waals surface area contributed by atoms with Crippen molar-refractivity contribution >= 4 is 31.6 Å². The predicted molar refractivity (Wildman–Crippen MR) is 172 cm³/mol. The van der Waals surface area contributed by atoms with Crippen LogP contribution in [0.1, 0.15) is 38.8 Å². The lowest BCUT2D eigenvalue weighted by Crippen LogP contribution is -2.48. The van der Waals surface area contributed by atoms with Crippen LogP contribution in [0.4, 0.5) is 4.79 Å². The van der Waals surface area contributed by atoms with Gasteiger partial charge in [-0.2, -0.15) is 0 Å². The third-order valence-electron chi connectivity index (χ3n) is 5.90. The number of alkyl carbamates (subject to hydrolysis) is 1. The zero-order chi connectivity index (χ0) is 33.5. The number of rotatable bonds is 18. The van der Waals surface area contributed by atoms with Crippen LogP contribution in [0.25, 0.3) is 5.57 Å². The summed E-state index contributed by atoms with van der Waals surface area (Å²) in [5, 5.41) is 15.6. The van der Waals surface area contributed by atoms with Crippen molar-refractivity contribution in [3.63, 3.8) is 0 Å². The molecule has 3 atom stereocenters. The van der Waals surface area contributed by atoms with Gasteiger partial charge in [0.05, 0.1) is 26.0 Å². The van der Waals surface area contributed by atoms with E-state index in [1.165, 1.54) is 20.3 Å². The van der Waals surface area contributed by atoms with Crippen molar-refractivity contribution in [2.45, 2.75) is 83.6 Å². The van der Waals surface area contributed by atoms with E-state index in [4.69, 9.17) is 29.4 Å². The third-order valence-corrected chi connectivity index (χ3v) is 7.60. The van der Waals surface area contributed by atoms with Gasteiger partial charge < -0.3 is 45.2 Å². The standard InChI is InChI=1S/C31H51N3O9Si/c1-10-23(18-41-20-40-13-14-44(7,8)9)25-15-22(16-26(29(37)39-6)34-28(36)21(2)32)11-12-27(25)42-19-24(35)17-33-30(38)43-31(3,4)5/h10-12,15,18,21,24,26,35H,1,13-14,16-17,19-20,32H2,2-9H3,(H,33,38)(H,34,36)/b23-18-/t21-,24+,26-/m0/s1. The number of carbonyl (C=O) groups excluding carboxylic acids is 3. The van der Waals surface area contributed by atoms with Crippen molar-refractivity contribution in [2.24, 2.45) is 5.73 Å². The van der Waals surface area contributed by atoms with Gasteiger partial charge in [-0.3, -0.25) is 4.79 Å². The van der Waals surface area contributed by atoms with Crippen molar-refractivity contribution in [1.29, 1.82) is 0 Å². The van der Waals surface area contributed by atoms with Gasteiger partial charge in [0.15, 0.2) is 6.79 Å². The maximum atomic E-state index is 12.4. The Labute approximate surface area is 262 Å². The molecule has 0 radical (unpaired) electrons. The fourth-order valence-electron chi connectivity index (χ4n) is 3.52. The third kappa shape index (κ3) is 15.9. The predicted octanol–water partition coefficient (Wildman–Crippen LogP) is 3.35.